The van der Waals surface area contributed by atoms with E-state index in [1.807, 2.05) is 6.07 Å². The number of likely N-dealkylation sites (tertiary alicyclic amines) is 1. The van der Waals surface area contributed by atoms with Crippen molar-refractivity contribution in [1.29, 1.82) is 0 Å². The highest BCUT2D eigenvalue weighted by molar-refractivity contribution is 8.77. The largest absolute Gasteiger partial charge is 0.478 e. The number of rotatable bonds is 7. The molecule has 23 heavy (non-hydrogen) atoms. The average molecular weight is 356 g/mol. The highest BCUT2D eigenvalue weighted by Crippen LogP contribution is 2.36. The van der Waals surface area contributed by atoms with Crippen LogP contribution >= 0.6 is 21.6 Å². The Morgan fingerprint density at radius 2 is 2.26 bits per heavy atom. The van der Waals surface area contributed by atoms with Gasteiger partial charge in [0.25, 0.3) is 0 Å². The molecule has 7 heteroatoms. The van der Waals surface area contributed by atoms with E-state index in [0.717, 1.165) is 24.3 Å². The number of hydrogen-bond donors (Lipinski definition) is 2. The van der Waals surface area contributed by atoms with Gasteiger partial charge in [-0.2, -0.15) is 0 Å². The van der Waals surface area contributed by atoms with Gasteiger partial charge in [-0.25, -0.2) is 9.18 Å². The van der Waals surface area contributed by atoms with E-state index >= 15 is 0 Å². The number of nitrogens with two attached hydrogens (primary N) is 1. The number of piperidine rings is 1. The monoisotopic (exact) mass is 356 g/mol. The van der Waals surface area contributed by atoms with Gasteiger partial charge in [-0.1, -0.05) is 39.8 Å². The maximum atomic E-state index is 13.8. The highest BCUT2D eigenvalue weighted by Gasteiger charge is 2.25. The predicted molar refractivity (Wildman–Crippen MR) is 94.9 cm³/mol. The molecule has 1 unspecified atom stereocenters. The first kappa shape index (κ1) is 18.3. The van der Waals surface area contributed by atoms with Gasteiger partial charge in [0.1, 0.15) is 5.82 Å². The molecule has 2 rings (SSSR count). The molecule has 0 aromatic heterocycles. The molecule has 1 aliphatic heterocycles. The number of hydrogen-bond acceptors (Lipinski definition) is 5. The fraction of sp³-hybridized carbons (Fsp3) is 0.438. The molecule has 1 aromatic rings. The Balaban J connectivity index is 2.01. The van der Waals surface area contributed by atoms with Crippen LogP contribution in [0.15, 0.2) is 35.9 Å². The number of carboxylic acid groups (broad SMARTS) is 1. The lowest BCUT2D eigenvalue weighted by Crippen LogP contribution is -2.36. The molecule has 1 heterocycles. The molecule has 0 radical (unpaired) electrons. The molecule has 126 valence electrons. The van der Waals surface area contributed by atoms with Gasteiger partial charge in [0.15, 0.2) is 0 Å². The zero-order valence-corrected chi connectivity index (χ0v) is 14.4. The minimum Gasteiger partial charge on any atom is -0.478 e. The number of nitrogens with zero attached hydrogens (tertiary/aromatic N) is 1. The van der Waals surface area contributed by atoms with E-state index in [4.69, 9.17) is 10.8 Å². The standard InChI is InChI=1S/C16H21FN2O2S2/c17-14-4-2-1-3-12(14)10-19-7-5-15(23-22-8-6-18)13(11-19)9-16(20)21/h1-4,9,15H,5-8,10-11,18H2,(H,20,21). The molecule has 1 aliphatic rings. The maximum absolute atomic E-state index is 13.8. The number of carboxylic acids is 1. The van der Waals surface area contributed by atoms with Gasteiger partial charge in [-0.05, 0) is 18.1 Å². The summed E-state index contributed by atoms with van der Waals surface area (Å²) in [5, 5.41) is 9.26. The lowest BCUT2D eigenvalue weighted by Gasteiger charge is -2.33. The van der Waals surface area contributed by atoms with Crippen molar-refractivity contribution in [2.45, 2.75) is 18.2 Å². The molecule has 1 fully saturated rings. The Kier molecular flexibility index (Phi) is 7.42. The third-order valence-electron chi connectivity index (χ3n) is 3.57. The summed E-state index contributed by atoms with van der Waals surface area (Å²) >= 11 is 0. The number of carbonyl (C=O) groups is 1. The van der Waals surface area contributed by atoms with Crippen LogP contribution in [0.4, 0.5) is 4.39 Å². The highest BCUT2D eigenvalue weighted by atomic mass is 33.1. The van der Waals surface area contributed by atoms with Crippen molar-refractivity contribution in [2.24, 2.45) is 5.73 Å². The molecule has 0 spiro atoms. The summed E-state index contributed by atoms with van der Waals surface area (Å²) in [4.78, 5) is 13.2. The fourth-order valence-corrected chi connectivity index (χ4v) is 5.07. The molecule has 0 bridgehead atoms. The van der Waals surface area contributed by atoms with Crippen LogP contribution in [0.1, 0.15) is 12.0 Å². The van der Waals surface area contributed by atoms with E-state index in [-0.39, 0.29) is 11.1 Å². The van der Waals surface area contributed by atoms with Crippen LogP contribution in [0.5, 0.6) is 0 Å². The molecule has 0 aliphatic carbocycles. The number of benzene rings is 1. The van der Waals surface area contributed by atoms with Crippen molar-refractivity contribution < 1.29 is 14.3 Å². The van der Waals surface area contributed by atoms with Gasteiger partial charge in [0.05, 0.1) is 0 Å². The van der Waals surface area contributed by atoms with Crippen LogP contribution in [-0.2, 0) is 11.3 Å². The van der Waals surface area contributed by atoms with Crippen molar-refractivity contribution in [3.8, 4) is 0 Å². The quantitative estimate of drug-likeness (QED) is 0.445. The first-order valence-corrected chi connectivity index (χ1v) is 9.86. The smallest absolute Gasteiger partial charge is 0.328 e. The first-order valence-electron chi connectivity index (χ1n) is 7.47. The molecular weight excluding hydrogens is 335 g/mol. The van der Waals surface area contributed by atoms with Gasteiger partial charge < -0.3 is 10.8 Å². The number of aliphatic carboxylic acids is 1. The zero-order valence-electron chi connectivity index (χ0n) is 12.8. The second kappa shape index (κ2) is 9.32. The number of halogens is 1. The summed E-state index contributed by atoms with van der Waals surface area (Å²) < 4.78 is 13.8. The third kappa shape index (κ3) is 5.84. The Morgan fingerprint density at radius 3 is 2.96 bits per heavy atom. The van der Waals surface area contributed by atoms with Gasteiger partial charge in [0, 0.05) is 48.8 Å². The molecule has 1 saturated heterocycles. The van der Waals surface area contributed by atoms with Crippen molar-refractivity contribution in [1.82, 2.24) is 4.90 Å². The van der Waals surface area contributed by atoms with Crippen LogP contribution < -0.4 is 5.73 Å². The van der Waals surface area contributed by atoms with Gasteiger partial charge in [0.2, 0.25) is 0 Å². The molecule has 0 amide bonds. The topological polar surface area (TPSA) is 66.6 Å². The summed E-state index contributed by atoms with van der Waals surface area (Å²) in [6, 6.07) is 6.72. The normalized spacial score (nSPS) is 20.8. The molecule has 1 atom stereocenters. The van der Waals surface area contributed by atoms with Crippen LogP contribution in [0.2, 0.25) is 0 Å². The Morgan fingerprint density at radius 1 is 1.48 bits per heavy atom. The lowest BCUT2D eigenvalue weighted by molar-refractivity contribution is -0.131. The van der Waals surface area contributed by atoms with Crippen molar-refractivity contribution >= 4 is 27.6 Å². The van der Waals surface area contributed by atoms with E-state index in [2.05, 4.69) is 4.90 Å². The van der Waals surface area contributed by atoms with E-state index < -0.39 is 5.97 Å². The Bertz CT molecular complexity index is 569. The molecule has 4 nitrogen and oxygen atoms in total. The zero-order chi connectivity index (χ0) is 16.7. The maximum Gasteiger partial charge on any atom is 0.328 e. The Hall–Kier alpha value is -1.02. The third-order valence-corrected chi connectivity index (χ3v) is 6.49. The molecule has 1 aromatic carbocycles. The van der Waals surface area contributed by atoms with E-state index in [9.17, 15) is 9.18 Å². The Labute approximate surface area is 143 Å². The van der Waals surface area contributed by atoms with Crippen molar-refractivity contribution in [2.75, 3.05) is 25.4 Å². The van der Waals surface area contributed by atoms with E-state index in [1.54, 1.807) is 33.7 Å². The van der Waals surface area contributed by atoms with E-state index in [0.29, 0.717) is 25.2 Å². The summed E-state index contributed by atoms with van der Waals surface area (Å²) in [5.41, 5.74) is 7.02. The first-order chi connectivity index (χ1) is 11.1. The summed E-state index contributed by atoms with van der Waals surface area (Å²) in [6.07, 6.45) is 2.16. The average Bonchev–Trinajstić information content (AvgIpc) is 2.51. The SMILES string of the molecule is NCCSSC1CCN(Cc2ccccc2F)CC1=CC(=O)O. The molecule has 0 saturated carbocycles. The summed E-state index contributed by atoms with van der Waals surface area (Å²) in [5.74, 6) is -0.297. The van der Waals surface area contributed by atoms with Crippen molar-refractivity contribution in [3.05, 3.63) is 47.3 Å². The molecule has 3 N–H and O–H groups in total. The van der Waals surface area contributed by atoms with Crippen LogP contribution in [-0.4, -0.2) is 46.6 Å². The molecular formula is C16H21FN2O2S2. The minimum absolute atomic E-state index is 0.180. The second-order valence-corrected chi connectivity index (χ2v) is 8.03. The van der Waals surface area contributed by atoms with Crippen LogP contribution in [0, 0.1) is 5.82 Å². The minimum atomic E-state index is -0.929. The predicted octanol–water partition coefficient (Wildman–Crippen LogP) is 2.75. The summed E-state index contributed by atoms with van der Waals surface area (Å²) in [7, 11) is 3.37. The van der Waals surface area contributed by atoms with Gasteiger partial charge >= 0.3 is 5.97 Å². The second-order valence-electron chi connectivity index (χ2n) is 5.34. The fourth-order valence-electron chi connectivity index (χ4n) is 2.51. The van der Waals surface area contributed by atoms with Crippen molar-refractivity contribution in [3.63, 3.8) is 0 Å². The van der Waals surface area contributed by atoms with E-state index in [1.165, 1.54) is 12.1 Å². The van der Waals surface area contributed by atoms with Crippen LogP contribution in [0.25, 0.3) is 0 Å². The van der Waals surface area contributed by atoms with Crippen LogP contribution in [0.3, 0.4) is 0 Å². The summed E-state index contributed by atoms with van der Waals surface area (Å²) in [6.45, 7) is 2.49. The van der Waals surface area contributed by atoms with Gasteiger partial charge in [-0.15, -0.1) is 0 Å². The lowest BCUT2D eigenvalue weighted by atomic mass is 10.0. The van der Waals surface area contributed by atoms with Gasteiger partial charge in [-0.3, -0.25) is 4.90 Å².